The van der Waals surface area contributed by atoms with Crippen molar-refractivity contribution in [3.63, 3.8) is 0 Å². The van der Waals surface area contributed by atoms with Crippen LogP contribution in [0.5, 0.6) is 5.75 Å². The predicted molar refractivity (Wildman–Crippen MR) is 95.9 cm³/mol. The van der Waals surface area contributed by atoms with Crippen LogP contribution in [0.2, 0.25) is 5.02 Å². The summed E-state index contributed by atoms with van der Waals surface area (Å²) in [6.07, 6.45) is 0.255. The lowest BCUT2D eigenvalue weighted by molar-refractivity contribution is -0.130. The quantitative estimate of drug-likeness (QED) is 0.781. The van der Waals surface area contributed by atoms with E-state index >= 15 is 0 Å². The highest BCUT2D eigenvalue weighted by atomic mass is 35.5. The van der Waals surface area contributed by atoms with Gasteiger partial charge in [0.2, 0.25) is 5.91 Å². The molecule has 0 aliphatic heterocycles. The second kappa shape index (κ2) is 9.30. The van der Waals surface area contributed by atoms with E-state index in [1.807, 2.05) is 23.6 Å². The first-order valence-electron chi connectivity index (χ1n) is 7.50. The summed E-state index contributed by atoms with van der Waals surface area (Å²) in [5.41, 5.74) is 0. The van der Waals surface area contributed by atoms with Crippen molar-refractivity contribution in [2.24, 2.45) is 0 Å². The van der Waals surface area contributed by atoms with Crippen LogP contribution in [0.15, 0.2) is 41.8 Å². The number of thiophene rings is 1. The SMILES string of the molecule is CN(CCOc1cccc(Cl)c1)C(=O)CCNC(=O)c1cccs1. The third-order valence-electron chi connectivity index (χ3n) is 3.29. The van der Waals surface area contributed by atoms with Crippen molar-refractivity contribution in [1.82, 2.24) is 10.2 Å². The molecule has 7 heteroatoms. The molecule has 2 aromatic rings. The molecule has 2 rings (SSSR count). The Balaban J connectivity index is 1.64. The molecule has 0 spiro atoms. The third-order valence-corrected chi connectivity index (χ3v) is 4.39. The second-order valence-electron chi connectivity index (χ2n) is 5.10. The number of rotatable bonds is 8. The molecule has 1 heterocycles. The fourth-order valence-electron chi connectivity index (χ4n) is 1.95. The smallest absolute Gasteiger partial charge is 0.261 e. The summed E-state index contributed by atoms with van der Waals surface area (Å²) < 4.78 is 5.55. The number of hydrogen-bond donors (Lipinski definition) is 1. The predicted octanol–water partition coefficient (Wildman–Crippen LogP) is 3.06. The molecule has 0 fully saturated rings. The number of nitrogens with zero attached hydrogens (tertiary/aromatic N) is 1. The van der Waals surface area contributed by atoms with E-state index in [-0.39, 0.29) is 18.2 Å². The van der Waals surface area contributed by atoms with E-state index in [4.69, 9.17) is 16.3 Å². The Morgan fingerprint density at radius 1 is 1.29 bits per heavy atom. The van der Waals surface area contributed by atoms with Crippen molar-refractivity contribution < 1.29 is 14.3 Å². The van der Waals surface area contributed by atoms with Gasteiger partial charge in [0.15, 0.2) is 0 Å². The lowest BCUT2D eigenvalue weighted by Crippen LogP contribution is -2.34. The van der Waals surface area contributed by atoms with Crippen LogP contribution in [0.25, 0.3) is 0 Å². The lowest BCUT2D eigenvalue weighted by atomic mass is 10.3. The standard InChI is InChI=1S/C17H19ClN2O3S/c1-20(9-10-23-14-5-2-4-13(18)12-14)16(21)7-8-19-17(22)15-6-3-11-24-15/h2-6,11-12H,7-10H2,1H3,(H,19,22). The van der Waals surface area contributed by atoms with Crippen LogP contribution in [0.3, 0.4) is 0 Å². The molecule has 5 nitrogen and oxygen atoms in total. The average Bonchev–Trinajstić information content (AvgIpc) is 3.09. The summed E-state index contributed by atoms with van der Waals surface area (Å²) in [6, 6.07) is 10.7. The maximum atomic E-state index is 12.0. The fourth-order valence-corrected chi connectivity index (χ4v) is 2.77. The van der Waals surface area contributed by atoms with Gasteiger partial charge >= 0.3 is 0 Å². The Labute approximate surface area is 150 Å². The van der Waals surface area contributed by atoms with Gasteiger partial charge in [-0.2, -0.15) is 0 Å². The minimum absolute atomic E-state index is 0.0452. The number of carbonyl (C=O) groups excluding carboxylic acids is 2. The molecule has 0 aliphatic rings. The molecule has 24 heavy (non-hydrogen) atoms. The number of benzene rings is 1. The Morgan fingerprint density at radius 2 is 2.12 bits per heavy atom. The largest absolute Gasteiger partial charge is 0.492 e. The van der Waals surface area contributed by atoms with Crippen LogP contribution in [0.1, 0.15) is 16.1 Å². The molecule has 128 valence electrons. The van der Waals surface area contributed by atoms with Gasteiger partial charge < -0.3 is 15.0 Å². The Kier molecular flexibility index (Phi) is 7.08. The van der Waals surface area contributed by atoms with Gasteiger partial charge in [0.05, 0.1) is 11.4 Å². The minimum Gasteiger partial charge on any atom is -0.492 e. The van der Waals surface area contributed by atoms with Crippen LogP contribution in [-0.2, 0) is 4.79 Å². The fraction of sp³-hybridized carbons (Fsp3) is 0.294. The highest BCUT2D eigenvalue weighted by Gasteiger charge is 2.10. The third kappa shape index (κ3) is 5.86. The Bertz CT molecular complexity index is 676. The molecule has 0 radical (unpaired) electrons. The molecule has 0 bridgehead atoms. The molecule has 1 aromatic carbocycles. The summed E-state index contributed by atoms with van der Waals surface area (Å²) >= 11 is 7.25. The molecule has 0 saturated heterocycles. The molecule has 0 aliphatic carbocycles. The van der Waals surface area contributed by atoms with E-state index in [1.54, 1.807) is 30.1 Å². The van der Waals surface area contributed by atoms with Gasteiger partial charge in [-0.25, -0.2) is 0 Å². The average molecular weight is 367 g/mol. The molecule has 0 saturated carbocycles. The van der Waals surface area contributed by atoms with E-state index in [0.717, 1.165) is 0 Å². The number of likely N-dealkylation sites (N-methyl/N-ethyl adjacent to an activating group) is 1. The summed E-state index contributed by atoms with van der Waals surface area (Å²) in [5, 5.41) is 5.19. The van der Waals surface area contributed by atoms with E-state index in [2.05, 4.69) is 5.32 Å². The summed E-state index contributed by atoms with van der Waals surface area (Å²) in [4.78, 5) is 26.0. The van der Waals surface area contributed by atoms with Gasteiger partial charge in [-0.15, -0.1) is 11.3 Å². The first-order chi connectivity index (χ1) is 11.6. The number of ether oxygens (including phenoxy) is 1. The van der Waals surface area contributed by atoms with Crippen LogP contribution in [-0.4, -0.2) is 43.5 Å². The van der Waals surface area contributed by atoms with E-state index in [9.17, 15) is 9.59 Å². The normalized spacial score (nSPS) is 10.2. The van der Waals surface area contributed by atoms with E-state index < -0.39 is 0 Å². The topological polar surface area (TPSA) is 58.6 Å². The molecular weight excluding hydrogens is 348 g/mol. The van der Waals surface area contributed by atoms with E-state index in [0.29, 0.717) is 35.3 Å². The highest BCUT2D eigenvalue weighted by molar-refractivity contribution is 7.12. The lowest BCUT2D eigenvalue weighted by Gasteiger charge is -2.17. The number of amides is 2. The van der Waals surface area contributed by atoms with Crippen LogP contribution in [0, 0.1) is 0 Å². The zero-order valence-corrected chi connectivity index (χ0v) is 14.9. The van der Waals surface area contributed by atoms with Crippen molar-refractivity contribution in [2.75, 3.05) is 26.7 Å². The van der Waals surface area contributed by atoms with Gasteiger partial charge in [-0.1, -0.05) is 23.7 Å². The number of carbonyl (C=O) groups is 2. The highest BCUT2D eigenvalue weighted by Crippen LogP contribution is 2.16. The Hall–Kier alpha value is -2.05. The molecule has 0 atom stereocenters. The zero-order valence-electron chi connectivity index (χ0n) is 13.3. The zero-order chi connectivity index (χ0) is 17.4. The van der Waals surface area contributed by atoms with Crippen LogP contribution >= 0.6 is 22.9 Å². The molecule has 1 N–H and O–H groups in total. The number of halogens is 1. The molecular formula is C17H19ClN2O3S. The second-order valence-corrected chi connectivity index (χ2v) is 6.49. The van der Waals surface area contributed by atoms with Gasteiger partial charge in [0, 0.05) is 25.0 Å². The van der Waals surface area contributed by atoms with Crippen molar-refractivity contribution in [3.8, 4) is 5.75 Å². The van der Waals surface area contributed by atoms with Gasteiger partial charge in [-0.05, 0) is 29.6 Å². The number of nitrogens with one attached hydrogen (secondary N) is 1. The molecule has 2 amide bonds. The van der Waals surface area contributed by atoms with Crippen molar-refractivity contribution in [2.45, 2.75) is 6.42 Å². The minimum atomic E-state index is -0.148. The first kappa shape index (κ1) is 18.3. The maximum absolute atomic E-state index is 12.0. The Morgan fingerprint density at radius 3 is 2.83 bits per heavy atom. The van der Waals surface area contributed by atoms with Crippen LogP contribution in [0.4, 0.5) is 0 Å². The summed E-state index contributed by atoms with van der Waals surface area (Å²) in [5.74, 6) is 0.479. The first-order valence-corrected chi connectivity index (χ1v) is 8.76. The molecule has 1 aromatic heterocycles. The van der Waals surface area contributed by atoms with Gasteiger partial charge in [0.25, 0.3) is 5.91 Å². The van der Waals surface area contributed by atoms with Gasteiger partial charge in [-0.3, -0.25) is 9.59 Å². The maximum Gasteiger partial charge on any atom is 0.261 e. The van der Waals surface area contributed by atoms with Gasteiger partial charge in [0.1, 0.15) is 12.4 Å². The summed E-state index contributed by atoms with van der Waals surface area (Å²) in [7, 11) is 1.71. The van der Waals surface area contributed by atoms with Crippen molar-refractivity contribution >= 4 is 34.8 Å². The number of hydrogen-bond acceptors (Lipinski definition) is 4. The van der Waals surface area contributed by atoms with Crippen molar-refractivity contribution in [1.29, 1.82) is 0 Å². The summed E-state index contributed by atoms with van der Waals surface area (Å²) in [6.45, 7) is 1.16. The van der Waals surface area contributed by atoms with Crippen molar-refractivity contribution in [3.05, 3.63) is 51.7 Å². The van der Waals surface area contributed by atoms with E-state index in [1.165, 1.54) is 11.3 Å². The molecule has 0 unspecified atom stereocenters. The van der Waals surface area contributed by atoms with Crippen LogP contribution < -0.4 is 10.1 Å². The monoisotopic (exact) mass is 366 g/mol.